The van der Waals surface area contributed by atoms with Crippen LogP contribution in [0.5, 0.6) is 5.88 Å². The molecule has 2 aromatic rings. The van der Waals surface area contributed by atoms with E-state index in [1.54, 1.807) is 6.08 Å². The Bertz CT molecular complexity index is 817. The van der Waals surface area contributed by atoms with Crippen LogP contribution in [-0.2, 0) is 10.2 Å². The summed E-state index contributed by atoms with van der Waals surface area (Å²) in [4.78, 5) is 22.4. The number of carbonyl (C=O) groups is 1. The summed E-state index contributed by atoms with van der Waals surface area (Å²) in [7, 11) is 1.98. The molecule has 1 aliphatic rings. The van der Waals surface area contributed by atoms with Crippen molar-refractivity contribution in [1.29, 1.82) is 0 Å². The van der Waals surface area contributed by atoms with Gasteiger partial charge in [0.25, 0.3) is 0 Å². The van der Waals surface area contributed by atoms with Crippen LogP contribution in [0.1, 0.15) is 19.4 Å². The zero-order valence-electron chi connectivity index (χ0n) is 13.9. The maximum atomic E-state index is 12.4. The number of hydrogen-bond donors (Lipinski definition) is 1. The van der Waals surface area contributed by atoms with E-state index < -0.39 is 0 Å². The van der Waals surface area contributed by atoms with E-state index in [4.69, 9.17) is 0 Å². The molecule has 0 atom stereocenters. The molecule has 0 fully saturated rings. The largest absolute Gasteiger partial charge is 0.493 e. The van der Waals surface area contributed by atoms with Crippen LogP contribution in [0.25, 0.3) is 0 Å². The second-order valence-electron chi connectivity index (χ2n) is 6.18. The first kappa shape index (κ1) is 16.5. The molecule has 1 aromatic carbocycles. The number of likely N-dealkylation sites (N-methyl/N-ethyl adjacent to an activating group) is 1. The number of nitrogens with zero attached hydrogens (tertiary/aromatic N) is 3. The number of benzene rings is 1. The maximum absolute atomic E-state index is 12.4. The number of allylic oxidation sites excluding steroid dienone is 2. The highest BCUT2D eigenvalue weighted by atomic mass is 32.2. The van der Waals surface area contributed by atoms with Crippen molar-refractivity contribution in [2.45, 2.75) is 24.4 Å². The summed E-state index contributed by atoms with van der Waals surface area (Å²) in [6.07, 6.45) is 3.17. The van der Waals surface area contributed by atoms with Gasteiger partial charge in [0.2, 0.25) is 5.88 Å². The number of thioether (sulfide) groups is 1. The zero-order valence-corrected chi connectivity index (χ0v) is 14.7. The molecule has 3 rings (SSSR count). The standard InChI is InChI=1S/C18H19N3O2S/c1-18(2)13-6-4-5-7-14(13)21(3)15(18)10-12(22)11-24-17-19-9-8-16(23)20-17/h4-10H,11H2,1-3H3,(H,19,20,23)/b15-10+. The Labute approximate surface area is 145 Å². The quantitative estimate of drug-likeness (QED) is 0.523. The highest BCUT2D eigenvalue weighted by Gasteiger charge is 2.38. The zero-order chi connectivity index (χ0) is 17.3. The molecule has 24 heavy (non-hydrogen) atoms. The van der Waals surface area contributed by atoms with Gasteiger partial charge in [0.1, 0.15) is 0 Å². The number of carbonyl (C=O) groups excluding carboxylic acids is 1. The Morgan fingerprint density at radius 3 is 2.79 bits per heavy atom. The molecule has 0 spiro atoms. The van der Waals surface area contributed by atoms with E-state index in [1.165, 1.54) is 29.6 Å². The number of fused-ring (bicyclic) bond motifs is 1. The molecule has 6 heteroatoms. The minimum Gasteiger partial charge on any atom is -0.493 e. The number of anilines is 1. The first-order chi connectivity index (χ1) is 11.4. The van der Waals surface area contributed by atoms with Gasteiger partial charge in [-0.25, -0.2) is 4.98 Å². The van der Waals surface area contributed by atoms with E-state index in [-0.39, 0.29) is 22.8 Å². The third kappa shape index (κ3) is 3.01. The Morgan fingerprint density at radius 2 is 2.08 bits per heavy atom. The van der Waals surface area contributed by atoms with Crippen molar-refractivity contribution in [3.05, 3.63) is 53.9 Å². The van der Waals surface area contributed by atoms with E-state index in [9.17, 15) is 9.90 Å². The molecule has 124 valence electrons. The fourth-order valence-corrected chi connectivity index (χ4v) is 3.64. The lowest BCUT2D eigenvalue weighted by Crippen LogP contribution is -2.24. The lowest BCUT2D eigenvalue weighted by molar-refractivity contribution is -0.112. The summed E-state index contributed by atoms with van der Waals surface area (Å²) in [5.41, 5.74) is 3.11. The van der Waals surface area contributed by atoms with E-state index in [2.05, 4.69) is 40.8 Å². The minimum atomic E-state index is -0.215. The number of para-hydroxylation sites is 1. The van der Waals surface area contributed by atoms with Crippen molar-refractivity contribution >= 4 is 23.2 Å². The maximum Gasteiger partial charge on any atom is 0.214 e. The van der Waals surface area contributed by atoms with Gasteiger partial charge in [0.15, 0.2) is 10.9 Å². The molecule has 0 unspecified atom stereocenters. The number of aromatic nitrogens is 2. The van der Waals surface area contributed by atoms with Gasteiger partial charge in [-0.05, 0) is 11.6 Å². The lowest BCUT2D eigenvalue weighted by atomic mass is 9.83. The van der Waals surface area contributed by atoms with Gasteiger partial charge in [-0.15, -0.1) is 0 Å². The smallest absolute Gasteiger partial charge is 0.214 e. The van der Waals surface area contributed by atoms with Gasteiger partial charge in [-0.1, -0.05) is 43.8 Å². The number of ketones is 1. The molecule has 1 N–H and O–H groups in total. The lowest BCUT2D eigenvalue weighted by Gasteiger charge is -2.23. The molecule has 5 nitrogen and oxygen atoms in total. The van der Waals surface area contributed by atoms with Gasteiger partial charge in [-0.2, -0.15) is 4.98 Å². The summed E-state index contributed by atoms with van der Waals surface area (Å²) in [5, 5.41) is 9.74. The SMILES string of the molecule is CN1/C(=C/C(=O)CSc2nccc(O)n2)C(C)(C)c2ccccc21. The van der Waals surface area contributed by atoms with Gasteiger partial charge in [-0.3, -0.25) is 4.79 Å². The average Bonchev–Trinajstić information content (AvgIpc) is 2.75. The normalized spacial score (nSPS) is 17.1. The van der Waals surface area contributed by atoms with Crippen LogP contribution >= 0.6 is 11.8 Å². The Kier molecular flexibility index (Phi) is 4.32. The van der Waals surface area contributed by atoms with Crippen LogP contribution in [0.15, 0.2) is 53.5 Å². The third-order valence-corrected chi connectivity index (χ3v) is 5.08. The predicted octanol–water partition coefficient (Wildman–Crippen LogP) is 3.15. The summed E-state index contributed by atoms with van der Waals surface area (Å²) >= 11 is 1.22. The fourth-order valence-electron chi connectivity index (χ4n) is 2.99. The van der Waals surface area contributed by atoms with Crippen molar-refractivity contribution in [1.82, 2.24) is 9.97 Å². The second kappa shape index (κ2) is 6.28. The van der Waals surface area contributed by atoms with Crippen molar-refractivity contribution in [3.8, 4) is 5.88 Å². The number of hydrogen-bond acceptors (Lipinski definition) is 6. The molecule has 2 heterocycles. The first-order valence-electron chi connectivity index (χ1n) is 7.62. The summed E-state index contributed by atoms with van der Waals surface area (Å²) in [6, 6.07) is 9.60. The minimum absolute atomic E-state index is 0.00493. The number of aromatic hydroxyl groups is 1. The Hall–Kier alpha value is -2.34. The monoisotopic (exact) mass is 341 g/mol. The van der Waals surface area contributed by atoms with Gasteiger partial charge in [0, 0.05) is 42.2 Å². The molecular formula is C18H19N3O2S. The highest BCUT2D eigenvalue weighted by molar-refractivity contribution is 7.99. The van der Waals surface area contributed by atoms with Gasteiger partial charge >= 0.3 is 0 Å². The molecule has 1 aliphatic heterocycles. The molecule has 1 aromatic heterocycles. The van der Waals surface area contributed by atoms with Crippen LogP contribution in [0.2, 0.25) is 0 Å². The second-order valence-corrected chi connectivity index (χ2v) is 7.13. The molecular weight excluding hydrogens is 322 g/mol. The molecule has 0 amide bonds. The van der Waals surface area contributed by atoms with Crippen LogP contribution in [0.4, 0.5) is 5.69 Å². The van der Waals surface area contributed by atoms with Crippen molar-refractivity contribution < 1.29 is 9.90 Å². The topological polar surface area (TPSA) is 66.3 Å². The predicted molar refractivity (Wildman–Crippen MR) is 95.4 cm³/mol. The van der Waals surface area contributed by atoms with E-state index in [0.717, 1.165) is 11.4 Å². The van der Waals surface area contributed by atoms with E-state index in [0.29, 0.717) is 5.16 Å². The molecule has 0 saturated heterocycles. The highest BCUT2D eigenvalue weighted by Crippen LogP contribution is 2.46. The third-order valence-electron chi connectivity index (χ3n) is 4.20. The van der Waals surface area contributed by atoms with Crippen molar-refractivity contribution in [2.24, 2.45) is 0 Å². The van der Waals surface area contributed by atoms with Crippen LogP contribution in [0, 0.1) is 0 Å². The van der Waals surface area contributed by atoms with Crippen LogP contribution in [0.3, 0.4) is 0 Å². The Morgan fingerprint density at radius 1 is 1.33 bits per heavy atom. The summed E-state index contributed by atoms with van der Waals surface area (Å²) in [6.45, 7) is 4.25. The molecule has 0 bridgehead atoms. The first-order valence-corrected chi connectivity index (χ1v) is 8.61. The van der Waals surface area contributed by atoms with Crippen molar-refractivity contribution in [3.63, 3.8) is 0 Å². The van der Waals surface area contributed by atoms with Gasteiger partial charge in [0.05, 0.1) is 5.75 Å². The molecule has 0 saturated carbocycles. The Balaban J connectivity index is 1.77. The molecule has 0 radical (unpaired) electrons. The summed E-state index contributed by atoms with van der Waals surface area (Å²) < 4.78 is 0. The summed E-state index contributed by atoms with van der Waals surface area (Å²) in [5.74, 6) is 0.132. The van der Waals surface area contributed by atoms with E-state index in [1.807, 2.05) is 19.2 Å². The number of rotatable bonds is 4. The average molecular weight is 341 g/mol. The van der Waals surface area contributed by atoms with Gasteiger partial charge < -0.3 is 10.0 Å². The van der Waals surface area contributed by atoms with Crippen LogP contribution in [-0.4, -0.2) is 33.7 Å². The molecule has 0 aliphatic carbocycles. The van der Waals surface area contributed by atoms with Crippen molar-refractivity contribution in [2.75, 3.05) is 17.7 Å². The van der Waals surface area contributed by atoms with E-state index >= 15 is 0 Å². The van der Waals surface area contributed by atoms with Crippen LogP contribution < -0.4 is 4.90 Å². The fraction of sp³-hybridized carbons (Fsp3) is 0.278.